The number of amides is 2. The molecule has 7 nitrogen and oxygen atoms in total. The Hall–Kier alpha value is -2.02. The van der Waals surface area contributed by atoms with E-state index in [0.717, 1.165) is 5.69 Å². The third-order valence-corrected chi connectivity index (χ3v) is 4.66. The van der Waals surface area contributed by atoms with E-state index >= 15 is 0 Å². The van der Waals surface area contributed by atoms with Crippen molar-refractivity contribution >= 4 is 12.0 Å². The van der Waals surface area contributed by atoms with Crippen molar-refractivity contribution in [1.29, 1.82) is 0 Å². The molecule has 1 aromatic rings. The van der Waals surface area contributed by atoms with Crippen LogP contribution in [0, 0.1) is 5.41 Å². The predicted octanol–water partition coefficient (Wildman–Crippen LogP) is 1.86. The van der Waals surface area contributed by atoms with Crippen molar-refractivity contribution in [3.63, 3.8) is 0 Å². The van der Waals surface area contributed by atoms with Gasteiger partial charge < -0.3 is 20.7 Å². The van der Waals surface area contributed by atoms with Crippen LogP contribution in [0.25, 0.3) is 0 Å². The van der Waals surface area contributed by atoms with Crippen LogP contribution < -0.4 is 5.73 Å². The summed E-state index contributed by atoms with van der Waals surface area (Å²) in [5.74, 6) is -0.0489. The molecule has 0 aromatic carbocycles. The number of nitrogens with one attached hydrogen (secondary N) is 1. The average molecular weight is 336 g/mol. The fraction of sp³-hybridized carbons (Fsp3) is 0.647. The summed E-state index contributed by atoms with van der Waals surface area (Å²) in [5, 5.41) is 9.51. The van der Waals surface area contributed by atoms with E-state index in [-0.39, 0.29) is 17.4 Å². The maximum atomic E-state index is 12.5. The van der Waals surface area contributed by atoms with Gasteiger partial charge >= 0.3 is 6.09 Å². The zero-order valence-electron chi connectivity index (χ0n) is 14.7. The number of rotatable bonds is 4. The molecule has 2 rings (SSSR count). The van der Waals surface area contributed by atoms with Crippen LogP contribution in [0.2, 0.25) is 0 Å². The molecular weight excluding hydrogens is 308 g/mol. The van der Waals surface area contributed by atoms with E-state index in [1.165, 1.54) is 4.90 Å². The molecule has 1 saturated heterocycles. The van der Waals surface area contributed by atoms with Crippen molar-refractivity contribution in [2.24, 2.45) is 11.1 Å². The average Bonchev–Trinajstić information content (AvgIpc) is 3.03. The molecule has 1 aromatic heterocycles. The number of hydrogen-bond acceptors (Lipinski definition) is 3. The number of nitrogens with two attached hydrogens (primary N) is 1. The van der Waals surface area contributed by atoms with E-state index in [1.54, 1.807) is 11.1 Å². The highest BCUT2D eigenvalue weighted by Crippen LogP contribution is 2.23. The molecule has 7 heteroatoms. The van der Waals surface area contributed by atoms with Crippen molar-refractivity contribution < 1.29 is 14.7 Å². The van der Waals surface area contributed by atoms with Gasteiger partial charge in [-0.25, -0.2) is 4.79 Å². The van der Waals surface area contributed by atoms with E-state index in [2.05, 4.69) is 4.98 Å². The van der Waals surface area contributed by atoms with Crippen molar-refractivity contribution in [2.75, 3.05) is 13.1 Å². The van der Waals surface area contributed by atoms with Gasteiger partial charge in [-0.3, -0.25) is 9.69 Å². The number of aromatic amines is 1. The van der Waals surface area contributed by atoms with Gasteiger partial charge in [0.2, 0.25) is 5.91 Å². The summed E-state index contributed by atoms with van der Waals surface area (Å²) in [6.45, 7) is 7.27. The Morgan fingerprint density at radius 3 is 2.50 bits per heavy atom. The standard InChI is InChI=1S/C17H28N4O3/c1-17(2,3)14(18)15(22)20-9-6-13(7-10-20)21(16(23)24)11-12-5-4-8-19-12/h4-5,8,13-14,19H,6-7,9-11,18H2,1-3H3,(H,23,24)/t14-/m1/s1. The van der Waals surface area contributed by atoms with E-state index < -0.39 is 12.1 Å². The zero-order valence-corrected chi connectivity index (χ0v) is 14.7. The van der Waals surface area contributed by atoms with Crippen LogP contribution in [-0.2, 0) is 11.3 Å². The number of H-pyrrole nitrogens is 1. The lowest BCUT2D eigenvalue weighted by molar-refractivity contribution is -0.136. The molecule has 0 aliphatic carbocycles. The molecule has 1 aliphatic heterocycles. The molecule has 0 spiro atoms. The Morgan fingerprint density at radius 1 is 1.42 bits per heavy atom. The first kappa shape index (κ1) is 18.3. The first-order chi connectivity index (χ1) is 11.2. The van der Waals surface area contributed by atoms with Crippen molar-refractivity contribution in [3.8, 4) is 0 Å². The predicted molar refractivity (Wildman–Crippen MR) is 91.4 cm³/mol. The number of carboxylic acid groups (broad SMARTS) is 1. The summed E-state index contributed by atoms with van der Waals surface area (Å²) in [7, 11) is 0. The van der Waals surface area contributed by atoms with Gasteiger partial charge in [0.1, 0.15) is 0 Å². The Labute approximate surface area is 142 Å². The Bertz CT molecular complexity index is 557. The molecule has 0 saturated carbocycles. The Morgan fingerprint density at radius 2 is 2.04 bits per heavy atom. The number of carbonyl (C=O) groups excluding carboxylic acids is 1. The smallest absolute Gasteiger partial charge is 0.407 e. The highest BCUT2D eigenvalue weighted by atomic mass is 16.4. The molecule has 0 unspecified atom stereocenters. The molecular formula is C17H28N4O3. The summed E-state index contributed by atoms with van der Waals surface area (Å²) in [4.78, 5) is 30.3. The third kappa shape index (κ3) is 4.29. The molecule has 2 amide bonds. The van der Waals surface area contributed by atoms with Crippen molar-refractivity contribution in [2.45, 2.75) is 52.2 Å². The lowest BCUT2D eigenvalue weighted by Crippen LogP contribution is -2.54. The van der Waals surface area contributed by atoms with Gasteiger partial charge in [0.05, 0.1) is 12.6 Å². The minimum absolute atomic E-state index is 0.0489. The number of piperidine rings is 1. The molecule has 2 heterocycles. The van der Waals surface area contributed by atoms with Gasteiger partial charge in [0.25, 0.3) is 0 Å². The molecule has 1 atom stereocenters. The number of aromatic nitrogens is 1. The van der Waals surface area contributed by atoms with E-state index in [1.807, 2.05) is 32.9 Å². The van der Waals surface area contributed by atoms with Crippen LogP contribution in [0.4, 0.5) is 4.79 Å². The second-order valence-electron chi connectivity index (χ2n) is 7.51. The highest BCUT2D eigenvalue weighted by Gasteiger charge is 2.35. The fourth-order valence-corrected chi connectivity index (χ4v) is 2.97. The number of hydrogen-bond donors (Lipinski definition) is 3. The second kappa shape index (κ2) is 7.25. The maximum absolute atomic E-state index is 12.5. The molecule has 1 fully saturated rings. The second-order valence-corrected chi connectivity index (χ2v) is 7.51. The Balaban J connectivity index is 1.95. The largest absolute Gasteiger partial charge is 0.465 e. The molecule has 134 valence electrons. The SMILES string of the molecule is CC(C)(C)[C@H](N)C(=O)N1CCC(N(Cc2ccc[nH]2)C(=O)O)CC1. The topological polar surface area (TPSA) is 103 Å². The normalized spacial score (nSPS) is 17.6. The molecule has 0 bridgehead atoms. The van der Waals surface area contributed by atoms with Gasteiger partial charge in [-0.1, -0.05) is 20.8 Å². The molecule has 0 radical (unpaired) electrons. The first-order valence-corrected chi connectivity index (χ1v) is 8.36. The van der Waals surface area contributed by atoms with E-state index in [9.17, 15) is 14.7 Å². The lowest BCUT2D eigenvalue weighted by atomic mass is 9.86. The third-order valence-electron chi connectivity index (χ3n) is 4.66. The van der Waals surface area contributed by atoms with Crippen LogP contribution in [0.3, 0.4) is 0 Å². The number of carbonyl (C=O) groups is 2. The minimum atomic E-state index is -0.930. The van der Waals surface area contributed by atoms with Crippen LogP contribution in [0.5, 0.6) is 0 Å². The maximum Gasteiger partial charge on any atom is 0.407 e. The van der Waals surface area contributed by atoms with Gasteiger partial charge in [0, 0.05) is 31.0 Å². The van der Waals surface area contributed by atoms with Crippen LogP contribution in [-0.4, -0.2) is 57.1 Å². The van der Waals surface area contributed by atoms with Gasteiger partial charge in [-0.15, -0.1) is 0 Å². The van der Waals surface area contributed by atoms with Crippen LogP contribution >= 0.6 is 0 Å². The van der Waals surface area contributed by atoms with Gasteiger partial charge in [0.15, 0.2) is 0 Å². The van der Waals surface area contributed by atoms with Crippen molar-refractivity contribution in [3.05, 3.63) is 24.0 Å². The first-order valence-electron chi connectivity index (χ1n) is 8.36. The highest BCUT2D eigenvalue weighted by molar-refractivity contribution is 5.82. The fourth-order valence-electron chi connectivity index (χ4n) is 2.97. The van der Waals surface area contributed by atoms with Crippen molar-refractivity contribution in [1.82, 2.24) is 14.8 Å². The van der Waals surface area contributed by atoms with E-state index in [4.69, 9.17) is 5.73 Å². The summed E-state index contributed by atoms with van der Waals surface area (Å²) >= 11 is 0. The summed E-state index contributed by atoms with van der Waals surface area (Å²) in [5.41, 5.74) is 6.64. The van der Waals surface area contributed by atoms with Crippen LogP contribution in [0.1, 0.15) is 39.3 Å². The zero-order chi connectivity index (χ0) is 17.9. The molecule has 1 aliphatic rings. The molecule has 4 N–H and O–H groups in total. The summed E-state index contributed by atoms with van der Waals surface area (Å²) in [6, 6.07) is 3.10. The molecule has 24 heavy (non-hydrogen) atoms. The Kier molecular flexibility index (Phi) is 5.54. The number of nitrogens with zero attached hydrogens (tertiary/aromatic N) is 2. The quantitative estimate of drug-likeness (QED) is 0.781. The minimum Gasteiger partial charge on any atom is -0.465 e. The monoisotopic (exact) mass is 336 g/mol. The summed E-state index contributed by atoms with van der Waals surface area (Å²) < 4.78 is 0. The van der Waals surface area contributed by atoms with Gasteiger partial charge in [-0.05, 0) is 30.4 Å². The van der Waals surface area contributed by atoms with Crippen LogP contribution in [0.15, 0.2) is 18.3 Å². The van der Waals surface area contributed by atoms with Gasteiger partial charge in [-0.2, -0.15) is 0 Å². The summed E-state index contributed by atoms with van der Waals surface area (Å²) in [6.07, 6.45) is 2.12. The lowest BCUT2D eigenvalue weighted by Gasteiger charge is -2.39. The van der Waals surface area contributed by atoms with E-state index in [0.29, 0.717) is 32.5 Å². The number of likely N-dealkylation sites (tertiary alicyclic amines) is 1.